The molecule has 4 heteroatoms. The van der Waals surface area contributed by atoms with Crippen molar-refractivity contribution in [2.75, 3.05) is 6.61 Å². The molecule has 0 aliphatic rings. The summed E-state index contributed by atoms with van der Waals surface area (Å²) in [5, 5.41) is 3.08. The van der Waals surface area contributed by atoms with Gasteiger partial charge in [-0.25, -0.2) is 0 Å². The van der Waals surface area contributed by atoms with E-state index in [1.54, 1.807) is 12.1 Å². The van der Waals surface area contributed by atoms with Crippen molar-refractivity contribution in [3.05, 3.63) is 65.7 Å². The molecule has 0 aliphatic heterocycles. The van der Waals surface area contributed by atoms with Crippen LogP contribution < -0.4 is 10.1 Å². The zero-order valence-electron chi connectivity index (χ0n) is 17.0. The predicted molar refractivity (Wildman–Crippen MR) is 109 cm³/mol. The van der Waals surface area contributed by atoms with E-state index >= 15 is 0 Å². The van der Waals surface area contributed by atoms with Gasteiger partial charge in [0.1, 0.15) is 12.4 Å². The molecule has 0 heterocycles. The number of rotatable bonds is 8. The molecule has 1 N–H and O–H groups in total. The predicted octanol–water partition coefficient (Wildman–Crippen LogP) is 4.98. The van der Waals surface area contributed by atoms with Crippen LogP contribution >= 0.6 is 0 Å². The Kier molecular flexibility index (Phi) is 7.03. The van der Waals surface area contributed by atoms with E-state index in [-0.39, 0.29) is 17.0 Å². The van der Waals surface area contributed by atoms with Crippen LogP contribution in [0.25, 0.3) is 0 Å². The van der Waals surface area contributed by atoms with E-state index in [1.807, 2.05) is 77.1 Å². The maximum atomic E-state index is 12.5. The summed E-state index contributed by atoms with van der Waals surface area (Å²) >= 11 is 0. The van der Waals surface area contributed by atoms with Gasteiger partial charge in [0.15, 0.2) is 0 Å². The van der Waals surface area contributed by atoms with Crippen molar-refractivity contribution < 1.29 is 14.3 Å². The zero-order valence-corrected chi connectivity index (χ0v) is 17.0. The van der Waals surface area contributed by atoms with Crippen LogP contribution in [0.2, 0.25) is 0 Å². The van der Waals surface area contributed by atoms with Gasteiger partial charge in [0.05, 0.1) is 5.60 Å². The molecule has 2 aromatic carbocycles. The summed E-state index contributed by atoms with van der Waals surface area (Å²) in [5.41, 5.74) is 1.21. The van der Waals surface area contributed by atoms with Crippen molar-refractivity contribution in [1.82, 2.24) is 5.32 Å². The fourth-order valence-electron chi connectivity index (χ4n) is 2.50. The van der Waals surface area contributed by atoms with Gasteiger partial charge >= 0.3 is 0 Å². The Morgan fingerprint density at radius 2 is 1.56 bits per heavy atom. The number of amides is 1. The fraction of sp³-hybridized carbons (Fsp3) is 0.435. The van der Waals surface area contributed by atoms with Crippen LogP contribution in [0.4, 0.5) is 0 Å². The van der Waals surface area contributed by atoms with Gasteiger partial charge in [0.2, 0.25) is 0 Å². The van der Waals surface area contributed by atoms with Gasteiger partial charge in [0.25, 0.3) is 5.91 Å². The normalized spacial score (nSPS) is 11.9. The highest BCUT2D eigenvalue weighted by atomic mass is 16.5. The monoisotopic (exact) mass is 369 g/mol. The molecule has 27 heavy (non-hydrogen) atoms. The largest absolute Gasteiger partial charge is 0.489 e. The standard InChI is InChI=1S/C23H31NO3/c1-22(2,3)27-16-15-23(4,5)24-21(25)19-11-13-20(14-12-19)26-17-18-9-7-6-8-10-18/h6-14H,15-17H2,1-5H3,(H,24,25). The second-order valence-corrected chi connectivity index (χ2v) is 8.35. The molecule has 146 valence electrons. The van der Waals surface area contributed by atoms with Gasteiger partial charge in [-0.2, -0.15) is 0 Å². The molecule has 0 radical (unpaired) electrons. The number of nitrogens with one attached hydrogen (secondary N) is 1. The Morgan fingerprint density at radius 3 is 2.15 bits per heavy atom. The third-order valence-electron chi connectivity index (χ3n) is 4.08. The van der Waals surface area contributed by atoms with Crippen LogP contribution in [-0.2, 0) is 11.3 Å². The molecule has 2 aromatic rings. The average molecular weight is 370 g/mol. The average Bonchev–Trinajstić information content (AvgIpc) is 2.59. The molecule has 0 aromatic heterocycles. The Labute approximate surface area is 162 Å². The minimum Gasteiger partial charge on any atom is -0.489 e. The third kappa shape index (κ3) is 7.83. The van der Waals surface area contributed by atoms with E-state index in [1.165, 1.54) is 0 Å². The van der Waals surface area contributed by atoms with Gasteiger partial charge in [-0.05, 0) is 70.9 Å². The quantitative estimate of drug-likeness (QED) is 0.714. The molecule has 0 aliphatic carbocycles. The minimum absolute atomic E-state index is 0.0923. The van der Waals surface area contributed by atoms with Gasteiger partial charge in [-0.3, -0.25) is 4.79 Å². The van der Waals surface area contributed by atoms with E-state index in [4.69, 9.17) is 9.47 Å². The summed E-state index contributed by atoms with van der Waals surface area (Å²) in [6.45, 7) is 11.2. The van der Waals surface area contributed by atoms with E-state index in [0.717, 1.165) is 17.7 Å². The van der Waals surface area contributed by atoms with Gasteiger partial charge in [-0.15, -0.1) is 0 Å². The first-order valence-electron chi connectivity index (χ1n) is 9.38. The fourth-order valence-corrected chi connectivity index (χ4v) is 2.50. The number of hydrogen-bond acceptors (Lipinski definition) is 3. The highest BCUT2D eigenvalue weighted by Gasteiger charge is 2.22. The maximum Gasteiger partial charge on any atom is 0.251 e. The summed E-state index contributed by atoms with van der Waals surface area (Å²) < 4.78 is 11.5. The molecule has 0 fully saturated rings. The first-order valence-corrected chi connectivity index (χ1v) is 9.38. The number of carbonyl (C=O) groups excluding carboxylic acids is 1. The lowest BCUT2D eigenvalue weighted by Crippen LogP contribution is -2.44. The molecular formula is C23H31NO3. The van der Waals surface area contributed by atoms with Crippen LogP contribution in [0.1, 0.15) is 57.0 Å². The summed E-state index contributed by atoms with van der Waals surface area (Å²) in [4.78, 5) is 12.5. The molecule has 0 saturated heterocycles. The number of carbonyl (C=O) groups is 1. The van der Waals surface area contributed by atoms with Crippen LogP contribution in [0, 0.1) is 0 Å². The highest BCUT2D eigenvalue weighted by Crippen LogP contribution is 2.17. The highest BCUT2D eigenvalue weighted by molar-refractivity contribution is 5.94. The molecule has 0 unspecified atom stereocenters. The summed E-state index contributed by atoms with van der Waals surface area (Å²) in [7, 11) is 0. The lowest BCUT2D eigenvalue weighted by molar-refractivity contribution is -0.0111. The number of hydrogen-bond donors (Lipinski definition) is 1. The Morgan fingerprint density at radius 1 is 0.926 bits per heavy atom. The SMILES string of the molecule is CC(C)(CCOC(C)(C)C)NC(=O)c1ccc(OCc2ccccc2)cc1. The van der Waals surface area contributed by atoms with Crippen molar-refractivity contribution in [3.8, 4) is 5.75 Å². The van der Waals surface area contributed by atoms with E-state index in [9.17, 15) is 4.79 Å². The number of ether oxygens (including phenoxy) is 2. The number of benzene rings is 2. The smallest absolute Gasteiger partial charge is 0.251 e. The lowest BCUT2D eigenvalue weighted by Gasteiger charge is -2.28. The first kappa shape index (κ1) is 21.0. The summed E-state index contributed by atoms with van der Waals surface area (Å²) in [5.74, 6) is 0.651. The van der Waals surface area contributed by atoms with Crippen molar-refractivity contribution in [2.45, 2.75) is 58.8 Å². The molecular weight excluding hydrogens is 338 g/mol. The van der Waals surface area contributed by atoms with Crippen LogP contribution in [0.15, 0.2) is 54.6 Å². The molecule has 4 nitrogen and oxygen atoms in total. The molecule has 0 spiro atoms. The van der Waals surface area contributed by atoms with Crippen LogP contribution in [0.5, 0.6) is 5.75 Å². The Bertz CT molecular complexity index is 716. The minimum atomic E-state index is -0.342. The molecule has 2 rings (SSSR count). The van der Waals surface area contributed by atoms with E-state index in [2.05, 4.69) is 5.32 Å². The van der Waals surface area contributed by atoms with Crippen molar-refractivity contribution in [1.29, 1.82) is 0 Å². The Balaban J connectivity index is 1.85. The van der Waals surface area contributed by atoms with Gasteiger partial charge in [-0.1, -0.05) is 30.3 Å². The van der Waals surface area contributed by atoms with Crippen LogP contribution in [-0.4, -0.2) is 23.7 Å². The molecule has 1 amide bonds. The van der Waals surface area contributed by atoms with Crippen molar-refractivity contribution >= 4 is 5.91 Å². The van der Waals surface area contributed by atoms with Gasteiger partial charge < -0.3 is 14.8 Å². The molecule has 0 atom stereocenters. The van der Waals surface area contributed by atoms with E-state index in [0.29, 0.717) is 18.8 Å². The van der Waals surface area contributed by atoms with Crippen molar-refractivity contribution in [3.63, 3.8) is 0 Å². The first-order chi connectivity index (χ1) is 12.6. The second-order valence-electron chi connectivity index (χ2n) is 8.35. The zero-order chi connectivity index (χ0) is 19.9. The van der Waals surface area contributed by atoms with E-state index < -0.39 is 0 Å². The third-order valence-corrected chi connectivity index (χ3v) is 4.08. The maximum absolute atomic E-state index is 12.5. The summed E-state index contributed by atoms with van der Waals surface area (Å²) in [6, 6.07) is 17.2. The van der Waals surface area contributed by atoms with Gasteiger partial charge in [0, 0.05) is 17.7 Å². The topological polar surface area (TPSA) is 47.6 Å². The lowest BCUT2D eigenvalue weighted by atomic mass is 10.00. The second kappa shape index (κ2) is 9.05. The summed E-state index contributed by atoms with van der Waals surface area (Å²) in [6.07, 6.45) is 0.744. The molecule has 0 saturated carbocycles. The molecule has 0 bridgehead atoms. The van der Waals surface area contributed by atoms with Crippen molar-refractivity contribution in [2.24, 2.45) is 0 Å². The Hall–Kier alpha value is -2.33. The van der Waals surface area contributed by atoms with Crippen LogP contribution in [0.3, 0.4) is 0 Å².